The number of carbonyl (C=O) groups is 1. The highest BCUT2D eigenvalue weighted by molar-refractivity contribution is 5.87. The fraction of sp³-hybridized carbons (Fsp3) is 0.833. The van der Waals surface area contributed by atoms with Crippen LogP contribution in [0.15, 0.2) is 0 Å². The Labute approximate surface area is 96.6 Å². The molecule has 16 heavy (non-hydrogen) atoms. The van der Waals surface area contributed by atoms with E-state index in [0.717, 1.165) is 12.8 Å². The first-order valence-electron chi connectivity index (χ1n) is 6.07. The van der Waals surface area contributed by atoms with Crippen molar-refractivity contribution in [1.29, 1.82) is 5.26 Å². The molecule has 0 spiro atoms. The van der Waals surface area contributed by atoms with Crippen LogP contribution in [0.2, 0.25) is 0 Å². The number of rotatable bonds is 2. The first-order chi connectivity index (χ1) is 7.66. The van der Waals surface area contributed by atoms with Gasteiger partial charge in [-0.05, 0) is 19.9 Å². The highest BCUT2D eigenvalue weighted by Crippen LogP contribution is 2.29. The molecule has 1 saturated carbocycles. The second-order valence-corrected chi connectivity index (χ2v) is 5.17. The summed E-state index contributed by atoms with van der Waals surface area (Å²) < 4.78 is 0. The Bertz CT molecular complexity index is 309. The third kappa shape index (κ3) is 2.05. The van der Waals surface area contributed by atoms with Crippen LogP contribution in [-0.4, -0.2) is 37.0 Å². The van der Waals surface area contributed by atoms with Crippen LogP contribution in [0.25, 0.3) is 0 Å². The molecule has 2 rings (SSSR count). The van der Waals surface area contributed by atoms with Gasteiger partial charge in [-0.3, -0.25) is 4.79 Å². The summed E-state index contributed by atoms with van der Waals surface area (Å²) in [6.45, 7) is 1.14. The molecule has 4 heteroatoms. The number of amides is 1. The molecule has 88 valence electrons. The fourth-order valence-electron chi connectivity index (χ4n) is 2.71. The number of nitriles is 1. The Morgan fingerprint density at radius 2 is 2.00 bits per heavy atom. The summed E-state index contributed by atoms with van der Waals surface area (Å²) in [7, 11) is 1.93. The van der Waals surface area contributed by atoms with Crippen molar-refractivity contribution < 1.29 is 4.79 Å². The summed E-state index contributed by atoms with van der Waals surface area (Å²) in [5.41, 5.74) is -0.772. The molecule has 1 aliphatic carbocycles. The van der Waals surface area contributed by atoms with E-state index in [1.54, 1.807) is 0 Å². The smallest absolute Gasteiger partial charge is 0.243 e. The van der Waals surface area contributed by atoms with Gasteiger partial charge in [-0.15, -0.1) is 0 Å². The number of hydrogen-bond donors (Lipinski definition) is 1. The van der Waals surface area contributed by atoms with Crippen molar-refractivity contribution in [1.82, 2.24) is 10.2 Å². The predicted octanol–water partition coefficient (Wildman–Crippen LogP) is 0.891. The van der Waals surface area contributed by atoms with Crippen molar-refractivity contribution in [3.8, 4) is 6.07 Å². The van der Waals surface area contributed by atoms with Gasteiger partial charge in [-0.2, -0.15) is 5.26 Å². The van der Waals surface area contributed by atoms with E-state index in [1.165, 1.54) is 19.3 Å². The molecule has 0 aromatic heterocycles. The van der Waals surface area contributed by atoms with Crippen molar-refractivity contribution in [2.75, 3.05) is 20.1 Å². The Morgan fingerprint density at radius 3 is 2.50 bits per heavy atom. The lowest BCUT2D eigenvalue weighted by molar-refractivity contribution is -0.136. The maximum Gasteiger partial charge on any atom is 0.243 e. The number of nitrogens with one attached hydrogen (secondary N) is 1. The third-order valence-electron chi connectivity index (χ3n) is 3.67. The van der Waals surface area contributed by atoms with E-state index in [1.807, 2.05) is 11.9 Å². The van der Waals surface area contributed by atoms with Crippen molar-refractivity contribution >= 4 is 5.91 Å². The SMILES string of the molecule is CN1CC(C#N)(C(=O)NC2CCCCC2)C1. The molecule has 1 saturated heterocycles. The minimum Gasteiger partial charge on any atom is -0.352 e. The van der Waals surface area contributed by atoms with Gasteiger partial charge in [0.15, 0.2) is 5.41 Å². The van der Waals surface area contributed by atoms with Gasteiger partial charge in [0, 0.05) is 19.1 Å². The van der Waals surface area contributed by atoms with E-state index in [9.17, 15) is 4.79 Å². The van der Waals surface area contributed by atoms with E-state index in [0.29, 0.717) is 19.1 Å². The monoisotopic (exact) mass is 221 g/mol. The molecule has 0 radical (unpaired) electrons. The molecule has 1 heterocycles. The summed E-state index contributed by atoms with van der Waals surface area (Å²) in [5, 5.41) is 12.2. The van der Waals surface area contributed by atoms with Gasteiger partial charge in [0.1, 0.15) is 0 Å². The predicted molar refractivity (Wildman–Crippen MR) is 60.6 cm³/mol. The summed E-state index contributed by atoms with van der Waals surface area (Å²) in [4.78, 5) is 14.0. The Kier molecular flexibility index (Phi) is 3.15. The lowest BCUT2D eigenvalue weighted by Gasteiger charge is -2.42. The molecule has 2 fully saturated rings. The molecule has 4 nitrogen and oxygen atoms in total. The van der Waals surface area contributed by atoms with Crippen LogP contribution in [0.4, 0.5) is 0 Å². The second kappa shape index (κ2) is 4.42. The third-order valence-corrected chi connectivity index (χ3v) is 3.67. The van der Waals surface area contributed by atoms with Crippen molar-refractivity contribution in [3.05, 3.63) is 0 Å². The lowest BCUT2D eigenvalue weighted by atomic mass is 9.80. The number of nitrogens with zero attached hydrogens (tertiary/aromatic N) is 2. The summed E-state index contributed by atoms with van der Waals surface area (Å²) >= 11 is 0. The highest BCUT2D eigenvalue weighted by atomic mass is 16.2. The number of hydrogen-bond acceptors (Lipinski definition) is 3. The second-order valence-electron chi connectivity index (χ2n) is 5.17. The molecule has 0 bridgehead atoms. The molecule has 0 atom stereocenters. The summed E-state index contributed by atoms with van der Waals surface area (Å²) in [6.07, 6.45) is 5.82. The zero-order chi connectivity index (χ0) is 11.6. The molecule has 2 aliphatic rings. The number of carbonyl (C=O) groups excluding carboxylic acids is 1. The van der Waals surface area contributed by atoms with Gasteiger partial charge in [-0.1, -0.05) is 19.3 Å². The Balaban J connectivity index is 1.89. The average molecular weight is 221 g/mol. The Morgan fingerprint density at radius 1 is 1.38 bits per heavy atom. The maximum absolute atomic E-state index is 12.0. The van der Waals surface area contributed by atoms with Crippen LogP contribution in [0.3, 0.4) is 0 Å². The van der Waals surface area contributed by atoms with Crippen LogP contribution in [0.5, 0.6) is 0 Å². The van der Waals surface area contributed by atoms with Gasteiger partial charge < -0.3 is 10.2 Å². The average Bonchev–Trinajstić information content (AvgIpc) is 2.25. The first kappa shape index (κ1) is 11.4. The molecule has 1 N–H and O–H groups in total. The zero-order valence-electron chi connectivity index (χ0n) is 9.83. The van der Waals surface area contributed by atoms with Crippen LogP contribution < -0.4 is 5.32 Å². The van der Waals surface area contributed by atoms with Crippen LogP contribution in [0, 0.1) is 16.7 Å². The van der Waals surface area contributed by atoms with Crippen molar-refractivity contribution in [2.24, 2.45) is 5.41 Å². The standard InChI is InChI=1S/C12H19N3O/c1-15-8-12(7-13,9-15)11(16)14-10-5-3-2-4-6-10/h10H,2-6,8-9H2,1H3,(H,14,16). The van der Waals surface area contributed by atoms with E-state index in [2.05, 4.69) is 11.4 Å². The van der Waals surface area contributed by atoms with Gasteiger partial charge in [0.25, 0.3) is 0 Å². The van der Waals surface area contributed by atoms with Gasteiger partial charge in [0.05, 0.1) is 6.07 Å². The van der Waals surface area contributed by atoms with Crippen molar-refractivity contribution in [3.63, 3.8) is 0 Å². The maximum atomic E-state index is 12.0. The van der Waals surface area contributed by atoms with E-state index in [-0.39, 0.29) is 5.91 Å². The molecular formula is C12H19N3O. The fourth-order valence-corrected chi connectivity index (χ4v) is 2.71. The molecule has 0 aromatic carbocycles. The normalized spacial score (nSPS) is 25.5. The largest absolute Gasteiger partial charge is 0.352 e. The summed E-state index contributed by atoms with van der Waals surface area (Å²) in [5.74, 6) is -0.0556. The van der Waals surface area contributed by atoms with Gasteiger partial charge in [-0.25, -0.2) is 0 Å². The lowest BCUT2D eigenvalue weighted by Crippen LogP contribution is -2.62. The van der Waals surface area contributed by atoms with Crippen LogP contribution in [0.1, 0.15) is 32.1 Å². The highest BCUT2D eigenvalue weighted by Gasteiger charge is 2.48. The zero-order valence-corrected chi connectivity index (χ0v) is 9.83. The van der Waals surface area contributed by atoms with Gasteiger partial charge in [0.2, 0.25) is 5.91 Å². The van der Waals surface area contributed by atoms with E-state index in [4.69, 9.17) is 5.26 Å². The topological polar surface area (TPSA) is 56.1 Å². The van der Waals surface area contributed by atoms with Crippen molar-refractivity contribution in [2.45, 2.75) is 38.1 Å². The molecule has 1 aliphatic heterocycles. The Hall–Kier alpha value is -1.08. The summed E-state index contributed by atoms with van der Waals surface area (Å²) in [6, 6.07) is 2.48. The van der Waals surface area contributed by atoms with Crippen LogP contribution >= 0.6 is 0 Å². The van der Waals surface area contributed by atoms with E-state index < -0.39 is 5.41 Å². The molecule has 0 aromatic rings. The quantitative estimate of drug-likeness (QED) is 0.753. The minimum atomic E-state index is -0.772. The van der Waals surface area contributed by atoms with Crippen LogP contribution in [-0.2, 0) is 4.79 Å². The molecule has 1 amide bonds. The molecular weight excluding hydrogens is 202 g/mol. The van der Waals surface area contributed by atoms with Gasteiger partial charge >= 0.3 is 0 Å². The first-order valence-corrected chi connectivity index (χ1v) is 6.07. The minimum absolute atomic E-state index is 0.0556. The molecule has 0 unspecified atom stereocenters. The van der Waals surface area contributed by atoms with E-state index >= 15 is 0 Å². The number of likely N-dealkylation sites (tertiary alicyclic amines) is 1.